The van der Waals surface area contributed by atoms with Crippen LogP contribution >= 0.6 is 0 Å². The number of nitrogens with zero attached hydrogens (tertiary/aromatic N) is 1. The average Bonchev–Trinajstić information content (AvgIpc) is 3.09. The van der Waals surface area contributed by atoms with Crippen LogP contribution in [0.4, 0.5) is 0 Å². The molecule has 0 spiro atoms. The number of hydrogen-bond acceptors (Lipinski definition) is 3. The lowest BCUT2D eigenvalue weighted by Gasteiger charge is -2.30. The first-order valence-corrected chi connectivity index (χ1v) is 8.46. The quantitative estimate of drug-likeness (QED) is 0.669. The van der Waals surface area contributed by atoms with Crippen molar-refractivity contribution in [2.24, 2.45) is 0 Å². The van der Waals surface area contributed by atoms with Crippen molar-refractivity contribution in [1.29, 1.82) is 0 Å². The zero-order chi connectivity index (χ0) is 18.3. The van der Waals surface area contributed by atoms with Gasteiger partial charge in [0.2, 0.25) is 0 Å². The number of dihydropyridines is 1. The predicted octanol–water partition coefficient (Wildman–Crippen LogP) is 4.04. The SMILES string of the molecule is CC1=C(C(=O)O)C(c2ccc3[nH]ccc3c2)C(c2ccccn2)=C(C)N1. The molecule has 5 heteroatoms. The Morgan fingerprint density at radius 1 is 1.12 bits per heavy atom. The number of carbonyl (C=O) groups is 1. The normalized spacial score (nSPS) is 17.5. The Morgan fingerprint density at radius 3 is 2.69 bits per heavy atom. The largest absolute Gasteiger partial charge is 0.478 e. The van der Waals surface area contributed by atoms with Gasteiger partial charge in [0.15, 0.2) is 0 Å². The molecule has 130 valence electrons. The standard InChI is InChI=1S/C21H19N3O2/c1-12-18(17-5-3-4-9-22-17)20(19(21(25)26)13(2)24-12)15-6-7-16-14(11-15)8-10-23-16/h3-11,20,23-24H,1-2H3,(H,25,26). The second kappa shape index (κ2) is 6.19. The molecule has 2 aromatic heterocycles. The molecule has 0 aliphatic carbocycles. The molecular weight excluding hydrogens is 326 g/mol. The first kappa shape index (κ1) is 16.1. The maximum Gasteiger partial charge on any atom is 0.334 e. The van der Waals surface area contributed by atoms with Gasteiger partial charge in [-0.1, -0.05) is 12.1 Å². The van der Waals surface area contributed by atoms with Crippen molar-refractivity contribution in [3.63, 3.8) is 0 Å². The van der Waals surface area contributed by atoms with E-state index in [-0.39, 0.29) is 5.92 Å². The van der Waals surface area contributed by atoms with Gasteiger partial charge in [-0.2, -0.15) is 0 Å². The Balaban J connectivity index is 1.96. The number of rotatable bonds is 3. The molecule has 1 aliphatic heterocycles. The molecule has 3 N–H and O–H groups in total. The van der Waals surface area contributed by atoms with E-state index in [4.69, 9.17) is 0 Å². The highest BCUT2D eigenvalue weighted by Crippen LogP contribution is 2.43. The molecule has 26 heavy (non-hydrogen) atoms. The number of aliphatic carboxylic acids is 1. The van der Waals surface area contributed by atoms with Crippen molar-refractivity contribution in [3.8, 4) is 0 Å². The van der Waals surface area contributed by atoms with Gasteiger partial charge in [0, 0.05) is 40.8 Å². The molecule has 0 fully saturated rings. The first-order chi connectivity index (χ1) is 12.6. The van der Waals surface area contributed by atoms with Gasteiger partial charge in [0.05, 0.1) is 11.3 Å². The highest BCUT2D eigenvalue weighted by atomic mass is 16.4. The summed E-state index contributed by atoms with van der Waals surface area (Å²) in [6, 6.07) is 13.7. The second-order valence-corrected chi connectivity index (χ2v) is 6.48. The summed E-state index contributed by atoms with van der Waals surface area (Å²) in [5.74, 6) is -1.31. The third-order valence-electron chi connectivity index (χ3n) is 4.84. The molecule has 1 aliphatic rings. The summed E-state index contributed by atoms with van der Waals surface area (Å²) in [7, 11) is 0. The van der Waals surface area contributed by atoms with E-state index in [1.165, 1.54) is 0 Å². The zero-order valence-electron chi connectivity index (χ0n) is 14.6. The molecule has 0 radical (unpaired) electrons. The Kier molecular flexibility index (Phi) is 3.84. The van der Waals surface area contributed by atoms with Gasteiger partial charge in [-0.15, -0.1) is 0 Å². The van der Waals surface area contributed by atoms with Crippen molar-refractivity contribution in [3.05, 3.63) is 83.1 Å². The van der Waals surface area contributed by atoms with E-state index in [9.17, 15) is 9.90 Å². The lowest BCUT2D eigenvalue weighted by atomic mass is 9.79. The summed E-state index contributed by atoms with van der Waals surface area (Å²) < 4.78 is 0. The van der Waals surface area contributed by atoms with Crippen LogP contribution in [0.15, 0.2) is 71.8 Å². The van der Waals surface area contributed by atoms with E-state index in [1.54, 1.807) is 6.20 Å². The topological polar surface area (TPSA) is 78.0 Å². The first-order valence-electron chi connectivity index (χ1n) is 8.46. The number of fused-ring (bicyclic) bond motifs is 1. The number of nitrogens with one attached hydrogen (secondary N) is 2. The maximum absolute atomic E-state index is 12.1. The lowest BCUT2D eigenvalue weighted by molar-refractivity contribution is -0.132. The molecular formula is C21H19N3O2. The van der Waals surface area contributed by atoms with Crippen LogP contribution in [0.3, 0.4) is 0 Å². The Labute approximate surface area is 151 Å². The highest BCUT2D eigenvalue weighted by Gasteiger charge is 2.34. The molecule has 1 unspecified atom stereocenters. The van der Waals surface area contributed by atoms with Gasteiger partial charge in [0.1, 0.15) is 0 Å². The molecule has 1 aromatic carbocycles. The van der Waals surface area contributed by atoms with E-state index in [0.717, 1.165) is 33.4 Å². The van der Waals surface area contributed by atoms with Gasteiger partial charge in [-0.05, 0) is 55.1 Å². The van der Waals surface area contributed by atoms with Crippen LogP contribution in [0, 0.1) is 0 Å². The summed E-state index contributed by atoms with van der Waals surface area (Å²) in [6.45, 7) is 3.78. The van der Waals surface area contributed by atoms with E-state index in [1.807, 2.05) is 62.5 Å². The number of carboxylic acids is 1. The van der Waals surface area contributed by atoms with Gasteiger partial charge in [-0.25, -0.2) is 4.79 Å². The van der Waals surface area contributed by atoms with Crippen molar-refractivity contribution in [1.82, 2.24) is 15.3 Å². The second-order valence-electron chi connectivity index (χ2n) is 6.48. The van der Waals surface area contributed by atoms with E-state index >= 15 is 0 Å². The number of allylic oxidation sites excluding steroid dienone is 3. The summed E-state index contributed by atoms with van der Waals surface area (Å²) in [4.78, 5) is 19.8. The molecule has 3 heterocycles. The fourth-order valence-electron chi connectivity index (χ4n) is 3.72. The fraction of sp³-hybridized carbons (Fsp3) is 0.143. The summed E-state index contributed by atoms with van der Waals surface area (Å²) in [5.41, 5.74) is 5.58. The Hall–Kier alpha value is -3.34. The molecule has 0 bridgehead atoms. The van der Waals surface area contributed by atoms with Gasteiger partial charge < -0.3 is 15.4 Å². The minimum Gasteiger partial charge on any atom is -0.478 e. The monoisotopic (exact) mass is 345 g/mol. The molecule has 5 nitrogen and oxygen atoms in total. The summed E-state index contributed by atoms with van der Waals surface area (Å²) in [6.07, 6.45) is 3.62. The number of H-pyrrole nitrogens is 1. The number of benzene rings is 1. The fourth-order valence-corrected chi connectivity index (χ4v) is 3.72. The Bertz CT molecular complexity index is 1060. The molecule has 0 saturated heterocycles. The van der Waals surface area contributed by atoms with E-state index < -0.39 is 5.97 Å². The van der Waals surface area contributed by atoms with Crippen LogP contribution in [-0.4, -0.2) is 21.0 Å². The lowest BCUT2D eigenvalue weighted by Crippen LogP contribution is -2.27. The Morgan fingerprint density at radius 2 is 1.96 bits per heavy atom. The number of carboxylic acid groups (broad SMARTS) is 1. The van der Waals surface area contributed by atoms with Gasteiger partial charge >= 0.3 is 5.97 Å². The zero-order valence-corrected chi connectivity index (χ0v) is 14.6. The van der Waals surface area contributed by atoms with Crippen molar-refractivity contribution in [2.75, 3.05) is 0 Å². The van der Waals surface area contributed by atoms with Crippen molar-refractivity contribution >= 4 is 22.4 Å². The number of hydrogen-bond donors (Lipinski definition) is 3. The molecule has 4 rings (SSSR count). The van der Waals surface area contributed by atoms with Crippen LogP contribution in [0.2, 0.25) is 0 Å². The van der Waals surface area contributed by atoms with Crippen LogP contribution in [0.5, 0.6) is 0 Å². The van der Waals surface area contributed by atoms with Crippen LogP contribution < -0.4 is 5.32 Å². The number of aromatic nitrogens is 2. The van der Waals surface area contributed by atoms with Gasteiger partial charge in [-0.3, -0.25) is 4.98 Å². The molecule has 3 aromatic rings. The third kappa shape index (κ3) is 2.58. The highest BCUT2D eigenvalue weighted by molar-refractivity contribution is 5.96. The van der Waals surface area contributed by atoms with Gasteiger partial charge in [0.25, 0.3) is 0 Å². The smallest absolute Gasteiger partial charge is 0.334 e. The maximum atomic E-state index is 12.1. The molecule has 0 saturated carbocycles. The molecule has 0 amide bonds. The summed E-state index contributed by atoms with van der Waals surface area (Å²) >= 11 is 0. The predicted molar refractivity (Wildman–Crippen MR) is 101 cm³/mol. The number of pyridine rings is 1. The summed E-state index contributed by atoms with van der Waals surface area (Å²) in [5, 5.41) is 14.2. The van der Waals surface area contributed by atoms with Crippen LogP contribution in [-0.2, 0) is 4.79 Å². The van der Waals surface area contributed by atoms with Crippen LogP contribution in [0.1, 0.15) is 31.0 Å². The van der Waals surface area contributed by atoms with Crippen molar-refractivity contribution < 1.29 is 9.90 Å². The number of aromatic amines is 1. The van der Waals surface area contributed by atoms with E-state index in [2.05, 4.69) is 15.3 Å². The minimum absolute atomic E-state index is 0.353. The van der Waals surface area contributed by atoms with Crippen molar-refractivity contribution in [2.45, 2.75) is 19.8 Å². The third-order valence-corrected chi connectivity index (χ3v) is 4.84. The van der Waals surface area contributed by atoms with E-state index in [0.29, 0.717) is 11.3 Å². The minimum atomic E-state index is -0.921. The molecule has 1 atom stereocenters. The van der Waals surface area contributed by atoms with Crippen LogP contribution in [0.25, 0.3) is 16.5 Å². The average molecular weight is 345 g/mol.